The number of methoxy groups -OCH3 is 1. The third-order valence-electron chi connectivity index (χ3n) is 3.53. The SMILES string of the molecule is CC[C@@](C)(NC(=O)c1ccc(C)c(NS(C)(=O)=O)c1)C(=O)OC. The Kier molecular flexibility index (Phi) is 5.76. The van der Waals surface area contributed by atoms with Crippen LogP contribution in [0.1, 0.15) is 36.2 Å². The number of nitrogens with one attached hydrogen (secondary N) is 2. The molecule has 0 aliphatic rings. The fraction of sp³-hybridized carbons (Fsp3) is 0.467. The Balaban J connectivity index is 3.09. The first-order valence-corrected chi connectivity index (χ1v) is 8.91. The molecule has 8 heteroatoms. The molecule has 0 spiro atoms. The molecule has 1 amide bonds. The first-order chi connectivity index (χ1) is 10.5. The van der Waals surface area contributed by atoms with Crippen molar-refractivity contribution in [1.29, 1.82) is 0 Å². The minimum absolute atomic E-state index is 0.241. The molecule has 0 saturated carbocycles. The summed E-state index contributed by atoms with van der Waals surface area (Å²) in [5, 5.41) is 2.63. The number of hydrogen-bond donors (Lipinski definition) is 2. The monoisotopic (exact) mass is 342 g/mol. The first-order valence-electron chi connectivity index (χ1n) is 7.02. The van der Waals surface area contributed by atoms with E-state index in [0.29, 0.717) is 17.7 Å². The Morgan fingerprint density at radius 2 is 1.91 bits per heavy atom. The van der Waals surface area contributed by atoms with Gasteiger partial charge in [0.15, 0.2) is 0 Å². The lowest BCUT2D eigenvalue weighted by molar-refractivity contribution is -0.147. The van der Waals surface area contributed by atoms with Crippen LogP contribution in [0.15, 0.2) is 18.2 Å². The van der Waals surface area contributed by atoms with Gasteiger partial charge in [0.05, 0.1) is 19.1 Å². The molecule has 0 radical (unpaired) electrons. The van der Waals surface area contributed by atoms with Gasteiger partial charge in [-0.3, -0.25) is 9.52 Å². The van der Waals surface area contributed by atoms with Crippen molar-refractivity contribution in [3.63, 3.8) is 0 Å². The van der Waals surface area contributed by atoms with E-state index < -0.39 is 27.4 Å². The lowest BCUT2D eigenvalue weighted by Gasteiger charge is -2.26. The number of benzene rings is 1. The van der Waals surface area contributed by atoms with Crippen LogP contribution in [0.2, 0.25) is 0 Å². The third-order valence-corrected chi connectivity index (χ3v) is 4.12. The zero-order chi connectivity index (χ0) is 17.8. The zero-order valence-electron chi connectivity index (χ0n) is 13.9. The van der Waals surface area contributed by atoms with E-state index >= 15 is 0 Å². The number of esters is 1. The molecule has 0 heterocycles. The second-order valence-electron chi connectivity index (χ2n) is 5.54. The van der Waals surface area contributed by atoms with E-state index in [-0.39, 0.29) is 5.56 Å². The van der Waals surface area contributed by atoms with Crippen molar-refractivity contribution >= 4 is 27.6 Å². The Morgan fingerprint density at radius 1 is 1.30 bits per heavy atom. The maximum Gasteiger partial charge on any atom is 0.331 e. The quantitative estimate of drug-likeness (QED) is 0.762. The highest BCUT2D eigenvalue weighted by atomic mass is 32.2. The second kappa shape index (κ2) is 6.99. The molecule has 0 saturated heterocycles. The summed E-state index contributed by atoms with van der Waals surface area (Å²) in [4.78, 5) is 24.2. The van der Waals surface area contributed by atoms with Gasteiger partial charge in [-0.2, -0.15) is 0 Å². The number of hydrogen-bond acceptors (Lipinski definition) is 5. The maximum atomic E-state index is 12.4. The number of aryl methyl sites for hydroxylation is 1. The second-order valence-corrected chi connectivity index (χ2v) is 7.28. The van der Waals surface area contributed by atoms with Crippen molar-refractivity contribution in [3.8, 4) is 0 Å². The molecule has 7 nitrogen and oxygen atoms in total. The van der Waals surface area contributed by atoms with Crippen LogP contribution in [0.5, 0.6) is 0 Å². The molecule has 2 N–H and O–H groups in total. The van der Waals surface area contributed by atoms with Gasteiger partial charge >= 0.3 is 5.97 Å². The molecule has 1 atom stereocenters. The van der Waals surface area contributed by atoms with E-state index in [1.54, 1.807) is 32.9 Å². The van der Waals surface area contributed by atoms with Crippen molar-refractivity contribution in [2.24, 2.45) is 0 Å². The van der Waals surface area contributed by atoms with Crippen LogP contribution >= 0.6 is 0 Å². The molecule has 0 fully saturated rings. The van der Waals surface area contributed by atoms with Gasteiger partial charge < -0.3 is 10.1 Å². The third kappa shape index (κ3) is 4.95. The van der Waals surface area contributed by atoms with Crippen LogP contribution in [0.4, 0.5) is 5.69 Å². The topological polar surface area (TPSA) is 102 Å². The minimum atomic E-state index is -3.46. The van der Waals surface area contributed by atoms with Gasteiger partial charge in [-0.05, 0) is 38.0 Å². The smallest absolute Gasteiger partial charge is 0.331 e. The van der Waals surface area contributed by atoms with Crippen LogP contribution in [-0.4, -0.2) is 39.2 Å². The van der Waals surface area contributed by atoms with Crippen LogP contribution in [0.3, 0.4) is 0 Å². The summed E-state index contributed by atoms with van der Waals surface area (Å²) in [5.41, 5.74) is 0.0844. The number of anilines is 1. The fourth-order valence-corrected chi connectivity index (χ4v) is 2.52. The number of sulfonamides is 1. The largest absolute Gasteiger partial charge is 0.467 e. The van der Waals surface area contributed by atoms with Gasteiger partial charge in [0, 0.05) is 5.56 Å². The molecule has 1 rings (SSSR count). The van der Waals surface area contributed by atoms with Gasteiger partial charge in [0.2, 0.25) is 10.0 Å². The van der Waals surface area contributed by atoms with E-state index in [1.807, 2.05) is 0 Å². The van der Waals surface area contributed by atoms with E-state index in [9.17, 15) is 18.0 Å². The standard InChI is InChI=1S/C15H22N2O5S/c1-6-15(3,14(19)22-4)16-13(18)11-8-7-10(2)12(9-11)17-23(5,20)21/h7-9,17H,6H2,1-5H3,(H,16,18)/t15-/m1/s1. The molecule has 0 unspecified atom stereocenters. The van der Waals surface area contributed by atoms with Crippen LogP contribution in [0.25, 0.3) is 0 Å². The lowest BCUT2D eigenvalue weighted by atomic mass is 9.98. The fourth-order valence-electron chi connectivity index (χ4n) is 1.90. The molecule has 0 bridgehead atoms. The summed E-state index contributed by atoms with van der Waals surface area (Å²) >= 11 is 0. The van der Waals surface area contributed by atoms with Gasteiger partial charge in [-0.15, -0.1) is 0 Å². The van der Waals surface area contributed by atoms with Crippen molar-refractivity contribution in [2.45, 2.75) is 32.7 Å². The summed E-state index contributed by atoms with van der Waals surface area (Å²) in [7, 11) is -2.20. The highest BCUT2D eigenvalue weighted by Gasteiger charge is 2.34. The van der Waals surface area contributed by atoms with Crippen LogP contribution in [0, 0.1) is 6.92 Å². The highest BCUT2D eigenvalue weighted by molar-refractivity contribution is 7.92. The molecule has 0 aliphatic heterocycles. The van der Waals surface area contributed by atoms with Crippen molar-refractivity contribution in [1.82, 2.24) is 5.32 Å². The Bertz CT molecular complexity index is 715. The maximum absolute atomic E-state index is 12.4. The predicted octanol–water partition coefficient (Wildman–Crippen LogP) is 1.44. The van der Waals surface area contributed by atoms with Crippen molar-refractivity contribution < 1.29 is 22.7 Å². The summed E-state index contributed by atoms with van der Waals surface area (Å²) in [6.07, 6.45) is 1.39. The predicted molar refractivity (Wildman–Crippen MR) is 87.8 cm³/mol. The number of amides is 1. The summed E-state index contributed by atoms with van der Waals surface area (Å²) < 4.78 is 29.8. The molecule has 0 aliphatic carbocycles. The molecule has 0 aromatic heterocycles. The highest BCUT2D eigenvalue weighted by Crippen LogP contribution is 2.19. The molecule has 128 valence electrons. The number of ether oxygens (including phenoxy) is 1. The van der Waals surface area contributed by atoms with Gasteiger partial charge in [0.1, 0.15) is 5.54 Å². The zero-order valence-corrected chi connectivity index (χ0v) is 14.7. The number of rotatable bonds is 6. The van der Waals surface area contributed by atoms with Gasteiger partial charge in [-0.1, -0.05) is 13.0 Å². The molecule has 1 aromatic carbocycles. The first kappa shape index (κ1) is 19.0. The Hall–Kier alpha value is -2.09. The van der Waals surface area contributed by atoms with E-state index in [4.69, 9.17) is 4.74 Å². The molecular weight excluding hydrogens is 320 g/mol. The Morgan fingerprint density at radius 3 is 2.39 bits per heavy atom. The Labute approximate surface area is 136 Å². The summed E-state index contributed by atoms with van der Waals surface area (Å²) in [6.45, 7) is 5.05. The summed E-state index contributed by atoms with van der Waals surface area (Å²) in [5.74, 6) is -1.04. The van der Waals surface area contributed by atoms with E-state index in [1.165, 1.54) is 13.2 Å². The molecule has 23 heavy (non-hydrogen) atoms. The average Bonchev–Trinajstić information content (AvgIpc) is 2.46. The van der Waals surface area contributed by atoms with Gasteiger partial charge in [0.25, 0.3) is 5.91 Å². The molecular formula is C15H22N2O5S. The summed E-state index contributed by atoms with van der Waals surface area (Å²) in [6, 6.07) is 4.62. The van der Waals surface area contributed by atoms with Crippen molar-refractivity contribution in [2.75, 3.05) is 18.1 Å². The average molecular weight is 342 g/mol. The normalized spacial score (nSPS) is 13.8. The van der Waals surface area contributed by atoms with Gasteiger partial charge in [-0.25, -0.2) is 13.2 Å². The number of carbonyl (C=O) groups excluding carboxylic acids is 2. The molecule has 1 aromatic rings. The van der Waals surface area contributed by atoms with Crippen LogP contribution in [-0.2, 0) is 19.6 Å². The lowest BCUT2D eigenvalue weighted by Crippen LogP contribution is -2.52. The minimum Gasteiger partial charge on any atom is -0.467 e. The van der Waals surface area contributed by atoms with Crippen LogP contribution < -0.4 is 10.0 Å². The van der Waals surface area contributed by atoms with Crippen molar-refractivity contribution in [3.05, 3.63) is 29.3 Å². The van der Waals surface area contributed by atoms with E-state index in [0.717, 1.165) is 6.26 Å². The number of carbonyl (C=O) groups is 2. The van der Waals surface area contributed by atoms with E-state index in [2.05, 4.69) is 10.0 Å².